The van der Waals surface area contributed by atoms with Crippen molar-refractivity contribution in [2.24, 2.45) is 5.92 Å². The Bertz CT molecular complexity index is 971. The van der Waals surface area contributed by atoms with Gasteiger partial charge in [-0.1, -0.05) is 80.9 Å². The molecule has 0 aliphatic carbocycles. The summed E-state index contributed by atoms with van der Waals surface area (Å²) in [7, 11) is 0. The fourth-order valence-corrected chi connectivity index (χ4v) is 4.83. The smallest absolute Gasteiger partial charge is 0.256 e. The molecule has 2 amide bonds. The summed E-state index contributed by atoms with van der Waals surface area (Å²) in [5, 5.41) is 10.0. The number of hydrazine groups is 1. The summed E-state index contributed by atoms with van der Waals surface area (Å²) in [4.78, 5) is 27.3. The maximum atomic E-state index is 12.9. The third kappa shape index (κ3) is 6.24. The lowest BCUT2D eigenvalue weighted by atomic mass is 9.69. The first-order valence-electron chi connectivity index (χ1n) is 12.3. The summed E-state index contributed by atoms with van der Waals surface area (Å²) in [5.41, 5.74) is 7.30. The summed E-state index contributed by atoms with van der Waals surface area (Å²) in [6.45, 7) is 5.32. The van der Waals surface area contributed by atoms with Crippen LogP contribution in [0.2, 0.25) is 0 Å². The standard InChI is InChI=1S/C28H36N4O2/c1-22(2)28(21-29,24-14-7-4-8-15-24)18-10-9-17-26(33)32-19-11-16-25(32)27(34)31-30-20-23-12-5-3-6-13-23/h3-8,12-15,22,25,30H,9-11,16-20H2,1-2H3,(H,31,34)/t25-,28+/m1/s1. The molecule has 34 heavy (non-hydrogen) atoms. The summed E-state index contributed by atoms with van der Waals surface area (Å²) < 4.78 is 0. The van der Waals surface area contributed by atoms with Crippen LogP contribution in [-0.4, -0.2) is 29.3 Å². The molecule has 0 bridgehead atoms. The third-order valence-corrected chi connectivity index (χ3v) is 6.91. The molecule has 2 N–H and O–H groups in total. The molecule has 0 spiro atoms. The average Bonchev–Trinajstić information content (AvgIpc) is 3.35. The van der Waals surface area contributed by atoms with Crippen LogP contribution in [0.25, 0.3) is 0 Å². The van der Waals surface area contributed by atoms with E-state index in [9.17, 15) is 14.9 Å². The molecule has 0 saturated carbocycles. The fourth-order valence-electron chi connectivity index (χ4n) is 4.83. The fraction of sp³-hybridized carbons (Fsp3) is 0.464. The number of rotatable bonds is 11. The van der Waals surface area contributed by atoms with Gasteiger partial charge in [-0.05, 0) is 42.7 Å². The second-order valence-corrected chi connectivity index (χ2v) is 9.38. The lowest BCUT2D eigenvalue weighted by Crippen LogP contribution is -2.49. The van der Waals surface area contributed by atoms with E-state index in [0.717, 1.165) is 24.0 Å². The lowest BCUT2D eigenvalue weighted by Gasteiger charge is -2.31. The van der Waals surface area contributed by atoms with Gasteiger partial charge in [0.05, 0.1) is 11.5 Å². The van der Waals surface area contributed by atoms with Gasteiger partial charge in [0, 0.05) is 19.5 Å². The van der Waals surface area contributed by atoms with Gasteiger partial charge in [0.15, 0.2) is 0 Å². The summed E-state index contributed by atoms with van der Waals surface area (Å²) in [6, 6.07) is 21.9. The Morgan fingerprint density at radius 1 is 1.09 bits per heavy atom. The molecular formula is C28H36N4O2. The molecule has 0 unspecified atom stereocenters. The third-order valence-electron chi connectivity index (χ3n) is 6.91. The van der Waals surface area contributed by atoms with Gasteiger partial charge in [0.25, 0.3) is 5.91 Å². The van der Waals surface area contributed by atoms with E-state index in [1.165, 1.54) is 0 Å². The van der Waals surface area contributed by atoms with Crippen molar-refractivity contribution in [1.29, 1.82) is 5.26 Å². The Kier molecular flexibility index (Phi) is 9.24. The van der Waals surface area contributed by atoms with Gasteiger partial charge in [0.1, 0.15) is 6.04 Å². The number of carbonyl (C=O) groups excluding carboxylic acids is 2. The van der Waals surface area contributed by atoms with Crippen LogP contribution in [0.15, 0.2) is 60.7 Å². The van der Waals surface area contributed by atoms with Crippen LogP contribution < -0.4 is 10.9 Å². The number of nitriles is 1. The Morgan fingerprint density at radius 2 is 1.76 bits per heavy atom. The molecule has 2 atom stereocenters. The van der Waals surface area contributed by atoms with E-state index < -0.39 is 11.5 Å². The lowest BCUT2D eigenvalue weighted by molar-refractivity contribution is -0.139. The zero-order valence-electron chi connectivity index (χ0n) is 20.3. The highest BCUT2D eigenvalue weighted by Gasteiger charge is 2.36. The number of hydrogen-bond acceptors (Lipinski definition) is 4. The van der Waals surface area contributed by atoms with Crippen molar-refractivity contribution in [3.63, 3.8) is 0 Å². The van der Waals surface area contributed by atoms with Crippen LogP contribution in [0.4, 0.5) is 0 Å². The number of likely N-dealkylation sites (tertiary alicyclic amines) is 1. The number of benzene rings is 2. The molecule has 1 aliphatic rings. The Hall–Kier alpha value is -3.17. The topological polar surface area (TPSA) is 85.2 Å². The molecule has 2 aromatic rings. The van der Waals surface area contributed by atoms with Crippen LogP contribution in [0.1, 0.15) is 63.5 Å². The van der Waals surface area contributed by atoms with E-state index in [2.05, 4.69) is 30.8 Å². The maximum Gasteiger partial charge on any atom is 0.256 e. The molecule has 180 valence electrons. The van der Waals surface area contributed by atoms with Crippen LogP contribution in [0.5, 0.6) is 0 Å². The molecule has 2 aromatic carbocycles. The minimum Gasteiger partial charge on any atom is -0.331 e. The van der Waals surface area contributed by atoms with E-state index in [1.807, 2.05) is 60.7 Å². The molecule has 0 aromatic heterocycles. The highest BCUT2D eigenvalue weighted by Crippen LogP contribution is 2.37. The van der Waals surface area contributed by atoms with Crippen molar-refractivity contribution in [3.8, 4) is 6.07 Å². The van der Waals surface area contributed by atoms with Gasteiger partial charge in [-0.2, -0.15) is 5.26 Å². The van der Waals surface area contributed by atoms with Crippen molar-refractivity contribution >= 4 is 11.8 Å². The van der Waals surface area contributed by atoms with E-state index in [4.69, 9.17) is 0 Å². The van der Waals surface area contributed by atoms with Gasteiger partial charge >= 0.3 is 0 Å². The largest absolute Gasteiger partial charge is 0.331 e. The van der Waals surface area contributed by atoms with Crippen molar-refractivity contribution < 1.29 is 9.59 Å². The first kappa shape index (κ1) is 25.5. The van der Waals surface area contributed by atoms with E-state index >= 15 is 0 Å². The number of amides is 2. The highest BCUT2D eigenvalue weighted by molar-refractivity contribution is 5.88. The monoisotopic (exact) mass is 460 g/mol. The molecular weight excluding hydrogens is 424 g/mol. The van der Waals surface area contributed by atoms with Crippen molar-refractivity contribution in [1.82, 2.24) is 15.8 Å². The number of nitrogens with one attached hydrogen (secondary N) is 2. The van der Waals surface area contributed by atoms with Gasteiger partial charge < -0.3 is 4.90 Å². The minimum atomic E-state index is -0.551. The summed E-state index contributed by atoms with van der Waals surface area (Å²) >= 11 is 0. The predicted octanol–water partition coefficient (Wildman–Crippen LogP) is 4.48. The Balaban J connectivity index is 1.48. The van der Waals surface area contributed by atoms with E-state index in [-0.39, 0.29) is 17.7 Å². The summed E-state index contributed by atoms with van der Waals surface area (Å²) in [6.07, 6.45) is 4.13. The first-order valence-corrected chi connectivity index (χ1v) is 12.3. The number of nitrogens with zero attached hydrogens (tertiary/aromatic N) is 2. The molecule has 1 fully saturated rings. The molecule has 0 radical (unpaired) electrons. The first-order chi connectivity index (χ1) is 16.5. The average molecular weight is 461 g/mol. The minimum absolute atomic E-state index is 0.0209. The van der Waals surface area contributed by atoms with Crippen LogP contribution >= 0.6 is 0 Å². The number of hydrogen-bond donors (Lipinski definition) is 2. The zero-order valence-corrected chi connectivity index (χ0v) is 20.3. The van der Waals surface area contributed by atoms with E-state index in [1.54, 1.807) is 4.90 Å². The van der Waals surface area contributed by atoms with Crippen LogP contribution in [0.3, 0.4) is 0 Å². The quantitative estimate of drug-likeness (QED) is 0.383. The van der Waals surface area contributed by atoms with E-state index in [0.29, 0.717) is 38.8 Å². The van der Waals surface area contributed by atoms with Gasteiger partial charge in [-0.25, -0.2) is 5.43 Å². The predicted molar refractivity (Wildman–Crippen MR) is 133 cm³/mol. The maximum absolute atomic E-state index is 12.9. The number of carbonyl (C=O) groups is 2. The molecule has 6 heteroatoms. The van der Waals surface area contributed by atoms with Crippen molar-refractivity contribution in [2.75, 3.05) is 6.54 Å². The molecule has 1 heterocycles. The van der Waals surface area contributed by atoms with Crippen LogP contribution in [-0.2, 0) is 21.5 Å². The molecule has 1 saturated heterocycles. The second kappa shape index (κ2) is 12.3. The molecule has 3 rings (SSSR count). The van der Waals surface area contributed by atoms with Crippen LogP contribution in [0, 0.1) is 17.2 Å². The SMILES string of the molecule is CC(C)[C@@](C#N)(CCCCC(=O)N1CCC[C@@H]1C(=O)NNCc1ccccc1)c1ccccc1. The normalized spacial score (nSPS) is 17.2. The second-order valence-electron chi connectivity index (χ2n) is 9.38. The summed E-state index contributed by atoms with van der Waals surface area (Å²) in [5.74, 6) is 0.0346. The highest BCUT2D eigenvalue weighted by atomic mass is 16.2. The van der Waals surface area contributed by atoms with Gasteiger partial charge in [0.2, 0.25) is 5.91 Å². The van der Waals surface area contributed by atoms with Gasteiger partial charge in [-0.3, -0.25) is 15.0 Å². The molecule has 6 nitrogen and oxygen atoms in total. The van der Waals surface area contributed by atoms with Gasteiger partial charge in [-0.15, -0.1) is 0 Å². The zero-order chi connectivity index (χ0) is 24.4. The Morgan fingerprint density at radius 3 is 2.41 bits per heavy atom. The van der Waals surface area contributed by atoms with Crippen molar-refractivity contribution in [2.45, 2.75) is 70.4 Å². The molecule has 1 aliphatic heterocycles. The Labute approximate surface area is 203 Å². The van der Waals surface area contributed by atoms with Crippen molar-refractivity contribution in [3.05, 3.63) is 71.8 Å². The number of unbranched alkanes of at least 4 members (excludes halogenated alkanes) is 1.